The van der Waals surface area contributed by atoms with E-state index in [1.807, 2.05) is 0 Å². The second-order valence-electron chi connectivity index (χ2n) is 3.73. The molecule has 0 unspecified atom stereocenters. The third kappa shape index (κ3) is 3.53. The highest BCUT2D eigenvalue weighted by Crippen LogP contribution is 2.24. The number of sulfone groups is 1. The van der Waals surface area contributed by atoms with Crippen LogP contribution in [0.15, 0.2) is 49.6 Å². The summed E-state index contributed by atoms with van der Waals surface area (Å²) in [5.74, 6) is -0.918. The molecule has 0 aliphatic rings. The van der Waals surface area contributed by atoms with Crippen LogP contribution in [0.5, 0.6) is 0 Å². The van der Waals surface area contributed by atoms with Crippen LogP contribution < -0.4 is 0 Å². The Hall–Kier alpha value is -0.500. The third-order valence-corrected chi connectivity index (χ3v) is 6.40. The van der Waals surface area contributed by atoms with Gasteiger partial charge < -0.3 is 0 Å². The molecule has 3 nitrogen and oxygen atoms in total. The molecule has 2 aromatic rings. The van der Waals surface area contributed by atoms with Crippen LogP contribution in [0.4, 0.5) is 0 Å². The average Bonchev–Trinajstić information content (AvgIpc) is 2.75. The summed E-state index contributed by atoms with van der Waals surface area (Å²) in [5.41, 5.74) is 0. The van der Waals surface area contributed by atoms with E-state index in [-0.39, 0.29) is 4.90 Å². The van der Waals surface area contributed by atoms with Crippen molar-refractivity contribution in [2.45, 2.75) is 4.90 Å². The first-order valence-corrected chi connectivity index (χ1v) is 9.26. The van der Waals surface area contributed by atoms with Crippen molar-refractivity contribution in [2.75, 3.05) is 5.75 Å². The van der Waals surface area contributed by atoms with Gasteiger partial charge in [0.05, 0.1) is 9.77 Å². The minimum Gasteiger partial charge on any atom is -0.292 e. The van der Waals surface area contributed by atoms with Gasteiger partial charge in [-0.2, -0.15) is 0 Å². The van der Waals surface area contributed by atoms with E-state index in [1.54, 1.807) is 23.6 Å². The molecule has 1 aromatic heterocycles. The summed E-state index contributed by atoms with van der Waals surface area (Å²) in [6.45, 7) is 0. The highest BCUT2D eigenvalue weighted by Gasteiger charge is 2.22. The summed E-state index contributed by atoms with van der Waals surface area (Å²) < 4.78 is 25.7. The van der Waals surface area contributed by atoms with Crippen molar-refractivity contribution in [1.29, 1.82) is 0 Å². The summed E-state index contributed by atoms with van der Waals surface area (Å²) >= 11 is 7.69. The molecular weight excluding hydrogens is 416 g/mol. The Morgan fingerprint density at radius 2 is 1.74 bits per heavy atom. The predicted molar refractivity (Wildman–Crippen MR) is 82.5 cm³/mol. The lowest BCUT2D eigenvalue weighted by molar-refractivity contribution is 0.102. The number of thiophene rings is 1. The van der Waals surface area contributed by atoms with Gasteiger partial charge in [0.1, 0.15) is 5.75 Å². The molecule has 0 saturated heterocycles. The minimum absolute atomic E-state index is 0.150. The van der Waals surface area contributed by atoms with Gasteiger partial charge in [0, 0.05) is 8.95 Å². The second kappa shape index (κ2) is 5.87. The van der Waals surface area contributed by atoms with Gasteiger partial charge in [-0.25, -0.2) is 8.42 Å². The molecule has 0 bridgehead atoms. The van der Waals surface area contributed by atoms with E-state index in [9.17, 15) is 13.2 Å². The van der Waals surface area contributed by atoms with Crippen LogP contribution in [0, 0.1) is 0 Å². The number of ketones is 1. The maximum atomic E-state index is 12.1. The van der Waals surface area contributed by atoms with Gasteiger partial charge in [0.2, 0.25) is 0 Å². The number of halogens is 2. The Bertz CT molecular complexity index is 703. The van der Waals surface area contributed by atoms with Crippen molar-refractivity contribution < 1.29 is 13.2 Å². The molecule has 100 valence electrons. The standard InChI is InChI=1S/C12H8Br2O3S2/c13-8-1-3-9(4-2-8)19(16,17)7-11(15)12-10(14)5-6-18-12/h1-6H,7H2. The second-order valence-corrected chi connectivity index (χ2v) is 8.41. The predicted octanol–water partition coefficient (Wildman–Crippen LogP) is 3.93. The summed E-state index contributed by atoms with van der Waals surface area (Å²) in [5, 5.41) is 1.74. The highest BCUT2D eigenvalue weighted by molar-refractivity contribution is 9.10. The number of carbonyl (C=O) groups excluding carboxylic acids is 1. The Balaban J connectivity index is 2.25. The molecule has 2 rings (SSSR count). The molecule has 0 aliphatic carbocycles. The Morgan fingerprint density at radius 1 is 1.11 bits per heavy atom. The fourth-order valence-electron chi connectivity index (χ4n) is 1.46. The summed E-state index contributed by atoms with van der Waals surface area (Å²) in [7, 11) is -3.60. The van der Waals surface area contributed by atoms with Crippen LogP contribution in [0.1, 0.15) is 9.67 Å². The van der Waals surface area contributed by atoms with E-state index in [0.29, 0.717) is 9.35 Å². The number of Topliss-reactive ketones (excluding diaryl/α,β-unsaturated/α-hetero) is 1. The first-order valence-electron chi connectivity index (χ1n) is 5.14. The highest BCUT2D eigenvalue weighted by atomic mass is 79.9. The fraction of sp³-hybridized carbons (Fsp3) is 0.0833. The molecule has 0 N–H and O–H groups in total. The third-order valence-electron chi connectivity index (χ3n) is 2.36. The molecule has 1 aromatic carbocycles. The zero-order valence-electron chi connectivity index (χ0n) is 9.47. The molecule has 1 heterocycles. The first kappa shape index (κ1) is 14.9. The van der Waals surface area contributed by atoms with E-state index >= 15 is 0 Å². The average molecular weight is 424 g/mol. The van der Waals surface area contributed by atoms with Gasteiger partial charge in [0.25, 0.3) is 0 Å². The van der Waals surface area contributed by atoms with E-state index in [1.165, 1.54) is 23.5 Å². The number of carbonyl (C=O) groups is 1. The molecular formula is C12H8Br2O3S2. The molecule has 0 fully saturated rings. The van der Waals surface area contributed by atoms with Crippen LogP contribution in [-0.2, 0) is 9.84 Å². The molecule has 0 amide bonds. The molecule has 0 radical (unpaired) electrons. The lowest BCUT2D eigenvalue weighted by Gasteiger charge is -2.03. The number of hydrogen-bond donors (Lipinski definition) is 0. The van der Waals surface area contributed by atoms with Crippen molar-refractivity contribution in [3.05, 3.63) is 49.5 Å². The van der Waals surface area contributed by atoms with Gasteiger partial charge in [-0.05, 0) is 51.6 Å². The van der Waals surface area contributed by atoms with Gasteiger partial charge >= 0.3 is 0 Å². The van der Waals surface area contributed by atoms with Crippen molar-refractivity contribution in [3.8, 4) is 0 Å². The molecule has 19 heavy (non-hydrogen) atoms. The van der Waals surface area contributed by atoms with Crippen LogP contribution in [-0.4, -0.2) is 20.0 Å². The lowest BCUT2D eigenvalue weighted by atomic mass is 10.3. The van der Waals surface area contributed by atoms with Gasteiger partial charge in [-0.1, -0.05) is 15.9 Å². The summed E-state index contributed by atoms with van der Waals surface area (Å²) in [4.78, 5) is 12.6. The van der Waals surface area contributed by atoms with Gasteiger partial charge in [-0.3, -0.25) is 4.79 Å². The molecule has 0 aliphatic heterocycles. The Morgan fingerprint density at radius 3 is 2.26 bits per heavy atom. The van der Waals surface area contributed by atoms with Crippen LogP contribution >= 0.6 is 43.2 Å². The maximum Gasteiger partial charge on any atom is 0.189 e. The van der Waals surface area contributed by atoms with Crippen LogP contribution in [0.3, 0.4) is 0 Å². The summed E-state index contributed by atoms with van der Waals surface area (Å²) in [6, 6.07) is 7.97. The van der Waals surface area contributed by atoms with Crippen LogP contribution in [0.25, 0.3) is 0 Å². The molecule has 0 saturated carbocycles. The molecule has 7 heteroatoms. The quantitative estimate of drug-likeness (QED) is 0.700. The Kier molecular flexibility index (Phi) is 4.60. The number of benzene rings is 1. The normalized spacial score (nSPS) is 11.5. The SMILES string of the molecule is O=C(CS(=O)(=O)c1ccc(Br)cc1)c1sccc1Br. The zero-order valence-corrected chi connectivity index (χ0v) is 14.3. The topological polar surface area (TPSA) is 51.2 Å². The number of hydrogen-bond acceptors (Lipinski definition) is 4. The van der Waals surface area contributed by atoms with E-state index in [2.05, 4.69) is 31.9 Å². The van der Waals surface area contributed by atoms with Crippen molar-refractivity contribution in [2.24, 2.45) is 0 Å². The van der Waals surface area contributed by atoms with Crippen molar-refractivity contribution >= 4 is 58.8 Å². The van der Waals surface area contributed by atoms with E-state index in [0.717, 1.165) is 4.47 Å². The smallest absolute Gasteiger partial charge is 0.189 e. The van der Waals surface area contributed by atoms with Crippen LogP contribution in [0.2, 0.25) is 0 Å². The number of rotatable bonds is 4. The van der Waals surface area contributed by atoms with Gasteiger partial charge in [-0.15, -0.1) is 11.3 Å². The molecule has 0 atom stereocenters. The lowest BCUT2D eigenvalue weighted by Crippen LogP contribution is -2.15. The first-order chi connectivity index (χ1) is 8.90. The van der Waals surface area contributed by atoms with Crippen molar-refractivity contribution in [3.63, 3.8) is 0 Å². The largest absolute Gasteiger partial charge is 0.292 e. The van der Waals surface area contributed by atoms with E-state index in [4.69, 9.17) is 0 Å². The van der Waals surface area contributed by atoms with Crippen molar-refractivity contribution in [1.82, 2.24) is 0 Å². The fourth-order valence-corrected chi connectivity index (χ4v) is 4.55. The molecule has 0 spiro atoms. The van der Waals surface area contributed by atoms with Gasteiger partial charge in [0.15, 0.2) is 15.6 Å². The monoisotopic (exact) mass is 422 g/mol. The zero-order chi connectivity index (χ0) is 14.0. The summed E-state index contributed by atoms with van der Waals surface area (Å²) in [6.07, 6.45) is 0. The maximum absolute atomic E-state index is 12.1. The Labute approximate surface area is 131 Å². The minimum atomic E-state index is -3.60. The van der Waals surface area contributed by atoms with E-state index < -0.39 is 21.4 Å².